The summed E-state index contributed by atoms with van der Waals surface area (Å²) in [7, 11) is 0. The molecule has 0 bridgehead atoms. The molecule has 3 heteroatoms. The van der Waals surface area contributed by atoms with Gasteiger partial charge in [-0.15, -0.1) is 0 Å². The molecule has 3 nitrogen and oxygen atoms in total. The van der Waals surface area contributed by atoms with Crippen molar-refractivity contribution in [3.63, 3.8) is 0 Å². The van der Waals surface area contributed by atoms with Gasteiger partial charge in [-0.2, -0.15) is 0 Å². The number of nitrogens with zero attached hydrogens (tertiary/aromatic N) is 2. The molecule has 0 aromatic heterocycles. The monoisotopic (exact) mass is 308 g/mol. The van der Waals surface area contributed by atoms with Crippen molar-refractivity contribution in [1.82, 2.24) is 4.90 Å². The largest absolute Gasteiger partial charge is 0.355 e. The first-order valence-corrected chi connectivity index (χ1v) is 8.44. The molecule has 0 radical (unpaired) electrons. The number of fused-ring (bicyclic) bond motifs is 1. The van der Waals surface area contributed by atoms with Crippen molar-refractivity contribution in [2.75, 3.05) is 24.5 Å². The molecule has 0 N–H and O–H groups in total. The summed E-state index contributed by atoms with van der Waals surface area (Å²) in [6.45, 7) is 6.47. The summed E-state index contributed by atoms with van der Waals surface area (Å²) >= 11 is 0. The highest BCUT2D eigenvalue weighted by Gasteiger charge is 2.33. The van der Waals surface area contributed by atoms with Crippen LogP contribution in [0.3, 0.4) is 0 Å². The number of carbonyl (C=O) groups excluding carboxylic acids is 1. The van der Waals surface area contributed by atoms with Crippen LogP contribution in [0.1, 0.15) is 31.0 Å². The van der Waals surface area contributed by atoms with Gasteiger partial charge in [0.15, 0.2) is 0 Å². The maximum absolute atomic E-state index is 13.2. The highest BCUT2D eigenvalue weighted by atomic mass is 16.2. The van der Waals surface area contributed by atoms with E-state index in [0.717, 1.165) is 31.6 Å². The van der Waals surface area contributed by atoms with Crippen LogP contribution in [0.25, 0.3) is 0 Å². The molecule has 3 rings (SSSR count). The molecule has 1 amide bonds. The van der Waals surface area contributed by atoms with Crippen molar-refractivity contribution in [1.29, 1.82) is 0 Å². The topological polar surface area (TPSA) is 23.6 Å². The lowest BCUT2D eigenvalue weighted by molar-refractivity contribution is -0.132. The Hall–Kier alpha value is -2.29. The molecule has 0 spiro atoms. The van der Waals surface area contributed by atoms with Gasteiger partial charge < -0.3 is 9.80 Å². The quantitative estimate of drug-likeness (QED) is 0.841. The maximum Gasteiger partial charge on any atom is 0.249 e. The molecule has 2 aromatic carbocycles. The second-order valence-electron chi connectivity index (χ2n) is 5.90. The second kappa shape index (κ2) is 6.86. The Morgan fingerprint density at radius 2 is 1.70 bits per heavy atom. The minimum Gasteiger partial charge on any atom is -0.355 e. The predicted octanol–water partition coefficient (Wildman–Crippen LogP) is 3.66. The van der Waals surface area contributed by atoms with E-state index in [1.165, 1.54) is 11.3 Å². The molecular weight excluding hydrogens is 284 g/mol. The number of anilines is 1. The van der Waals surface area contributed by atoms with Crippen LogP contribution in [0.2, 0.25) is 0 Å². The number of benzene rings is 2. The van der Waals surface area contributed by atoms with Crippen LogP contribution in [0.15, 0.2) is 54.6 Å². The van der Waals surface area contributed by atoms with Crippen LogP contribution < -0.4 is 4.90 Å². The zero-order valence-corrected chi connectivity index (χ0v) is 13.9. The standard InChI is InChI=1S/C20H24N2O/c1-3-21(4-2)20(23)19(17-11-6-5-7-12-17)22-15-14-16-10-8-9-13-18(16)22/h5-13,19H,3-4,14-15H2,1-2H3. The first-order valence-electron chi connectivity index (χ1n) is 8.44. The molecule has 0 aliphatic carbocycles. The van der Waals surface area contributed by atoms with E-state index in [-0.39, 0.29) is 11.9 Å². The van der Waals surface area contributed by atoms with Gasteiger partial charge in [-0.25, -0.2) is 0 Å². The Balaban J connectivity index is 2.02. The van der Waals surface area contributed by atoms with E-state index in [0.29, 0.717) is 0 Å². The van der Waals surface area contributed by atoms with Crippen LogP contribution in [-0.2, 0) is 11.2 Å². The van der Waals surface area contributed by atoms with E-state index in [4.69, 9.17) is 0 Å². The molecule has 0 fully saturated rings. The average Bonchev–Trinajstić information content (AvgIpc) is 3.01. The van der Waals surface area contributed by atoms with Crippen molar-refractivity contribution < 1.29 is 4.79 Å². The Morgan fingerprint density at radius 3 is 2.39 bits per heavy atom. The van der Waals surface area contributed by atoms with Gasteiger partial charge in [0.05, 0.1) is 0 Å². The molecule has 1 aliphatic rings. The van der Waals surface area contributed by atoms with Gasteiger partial charge in [0, 0.05) is 25.3 Å². The van der Waals surface area contributed by atoms with Crippen LogP contribution in [0.4, 0.5) is 5.69 Å². The molecule has 1 aliphatic heterocycles. The fourth-order valence-corrected chi connectivity index (χ4v) is 3.43. The van der Waals surface area contributed by atoms with E-state index in [9.17, 15) is 4.79 Å². The SMILES string of the molecule is CCN(CC)C(=O)C(c1ccccc1)N1CCc2ccccc21. The van der Waals surface area contributed by atoms with Crippen LogP contribution >= 0.6 is 0 Å². The fraction of sp³-hybridized carbons (Fsp3) is 0.350. The molecule has 0 saturated carbocycles. The lowest BCUT2D eigenvalue weighted by Crippen LogP contribution is -2.42. The molecule has 0 saturated heterocycles. The maximum atomic E-state index is 13.2. The van der Waals surface area contributed by atoms with Gasteiger partial charge >= 0.3 is 0 Å². The smallest absolute Gasteiger partial charge is 0.249 e. The summed E-state index contributed by atoms with van der Waals surface area (Å²) in [4.78, 5) is 17.4. The number of hydrogen-bond donors (Lipinski definition) is 0. The zero-order valence-electron chi connectivity index (χ0n) is 13.9. The number of para-hydroxylation sites is 1. The lowest BCUT2D eigenvalue weighted by Gasteiger charge is -2.33. The number of rotatable bonds is 5. The van der Waals surface area contributed by atoms with E-state index >= 15 is 0 Å². The van der Waals surface area contributed by atoms with E-state index in [2.05, 4.69) is 41.3 Å². The van der Waals surface area contributed by atoms with Gasteiger partial charge in [-0.3, -0.25) is 4.79 Å². The Bertz CT molecular complexity index is 664. The number of likely N-dealkylation sites (N-methyl/N-ethyl adjacent to an activating group) is 1. The molecule has 1 atom stereocenters. The van der Waals surface area contributed by atoms with E-state index in [1.54, 1.807) is 0 Å². The van der Waals surface area contributed by atoms with E-state index < -0.39 is 0 Å². The summed E-state index contributed by atoms with van der Waals surface area (Å²) in [6, 6.07) is 18.3. The van der Waals surface area contributed by atoms with Crippen molar-refractivity contribution in [2.24, 2.45) is 0 Å². The van der Waals surface area contributed by atoms with Crippen molar-refractivity contribution in [2.45, 2.75) is 26.3 Å². The van der Waals surface area contributed by atoms with Gasteiger partial charge in [0.25, 0.3) is 0 Å². The fourth-order valence-electron chi connectivity index (χ4n) is 3.43. The molecule has 120 valence electrons. The lowest BCUT2D eigenvalue weighted by atomic mass is 10.0. The summed E-state index contributed by atoms with van der Waals surface area (Å²) < 4.78 is 0. The van der Waals surface area contributed by atoms with Crippen molar-refractivity contribution in [3.05, 3.63) is 65.7 Å². The molecule has 1 heterocycles. The van der Waals surface area contributed by atoms with Gasteiger partial charge in [0.2, 0.25) is 5.91 Å². The summed E-state index contributed by atoms with van der Waals surface area (Å²) in [6.07, 6.45) is 1.00. The number of carbonyl (C=O) groups is 1. The van der Waals surface area contributed by atoms with Crippen LogP contribution in [-0.4, -0.2) is 30.4 Å². The summed E-state index contributed by atoms with van der Waals surface area (Å²) in [5, 5.41) is 0. The van der Waals surface area contributed by atoms with Crippen molar-refractivity contribution in [3.8, 4) is 0 Å². The summed E-state index contributed by atoms with van der Waals surface area (Å²) in [5.74, 6) is 0.193. The van der Waals surface area contributed by atoms with Crippen molar-refractivity contribution >= 4 is 11.6 Å². The Morgan fingerprint density at radius 1 is 1.04 bits per heavy atom. The third-order valence-corrected chi connectivity index (χ3v) is 4.66. The predicted molar refractivity (Wildman–Crippen MR) is 94.6 cm³/mol. The minimum atomic E-state index is -0.236. The summed E-state index contributed by atoms with van der Waals surface area (Å²) in [5.41, 5.74) is 3.60. The average molecular weight is 308 g/mol. The zero-order chi connectivity index (χ0) is 16.2. The molecule has 23 heavy (non-hydrogen) atoms. The highest BCUT2D eigenvalue weighted by Crippen LogP contribution is 2.36. The number of amides is 1. The highest BCUT2D eigenvalue weighted by molar-refractivity contribution is 5.87. The third-order valence-electron chi connectivity index (χ3n) is 4.66. The molecule has 1 unspecified atom stereocenters. The minimum absolute atomic E-state index is 0.193. The van der Waals surface area contributed by atoms with Crippen LogP contribution in [0.5, 0.6) is 0 Å². The Labute approximate surface area is 138 Å². The first kappa shape index (κ1) is 15.6. The third kappa shape index (κ3) is 2.96. The number of hydrogen-bond acceptors (Lipinski definition) is 2. The molecule has 2 aromatic rings. The second-order valence-corrected chi connectivity index (χ2v) is 5.90. The van der Waals surface area contributed by atoms with Gasteiger partial charge in [-0.05, 0) is 37.5 Å². The molecular formula is C20H24N2O. The Kier molecular flexibility index (Phi) is 4.65. The normalized spacial score (nSPS) is 14.4. The van der Waals surface area contributed by atoms with Gasteiger partial charge in [0.1, 0.15) is 6.04 Å². The first-order chi connectivity index (χ1) is 11.3. The van der Waals surface area contributed by atoms with Gasteiger partial charge in [-0.1, -0.05) is 48.5 Å². The van der Waals surface area contributed by atoms with Crippen LogP contribution in [0, 0.1) is 0 Å². The van der Waals surface area contributed by atoms with E-state index in [1.807, 2.05) is 36.9 Å².